The molecule has 2 atom stereocenters. The van der Waals surface area contributed by atoms with Crippen LogP contribution in [0.3, 0.4) is 0 Å². The second kappa shape index (κ2) is 6.98. The predicted molar refractivity (Wildman–Crippen MR) is 77.8 cm³/mol. The van der Waals surface area contributed by atoms with Gasteiger partial charge in [0.1, 0.15) is 0 Å². The van der Waals surface area contributed by atoms with Crippen LogP contribution in [0.1, 0.15) is 38.3 Å². The van der Waals surface area contributed by atoms with Crippen molar-refractivity contribution >= 4 is 21.6 Å². The summed E-state index contributed by atoms with van der Waals surface area (Å²) in [6.07, 6.45) is 0.763. The molecule has 0 bridgehead atoms. The molecule has 6 heteroatoms. The largest absolute Gasteiger partial charge is 0.391 e. The fourth-order valence-corrected chi connectivity index (χ4v) is 2.17. The summed E-state index contributed by atoms with van der Waals surface area (Å²) >= 11 is 3.12. The maximum atomic E-state index is 10.9. The minimum Gasteiger partial charge on any atom is -0.391 e. The van der Waals surface area contributed by atoms with Crippen molar-refractivity contribution in [1.29, 1.82) is 0 Å². The quantitative estimate of drug-likeness (QED) is 0.619. The zero-order valence-corrected chi connectivity index (χ0v) is 12.6. The monoisotopic (exact) mass is 330 g/mol. The van der Waals surface area contributed by atoms with Gasteiger partial charge < -0.3 is 10.8 Å². The molecule has 0 aromatic heterocycles. The maximum Gasteiger partial charge on any atom is 0.283 e. The minimum absolute atomic E-state index is 0.0380. The molecule has 0 aliphatic carbocycles. The zero-order valence-electron chi connectivity index (χ0n) is 11.0. The highest BCUT2D eigenvalue weighted by Gasteiger charge is 2.21. The van der Waals surface area contributed by atoms with Gasteiger partial charge in [0, 0.05) is 6.07 Å². The molecule has 1 aromatic rings. The normalized spacial score (nSPS) is 14.4. The van der Waals surface area contributed by atoms with E-state index in [4.69, 9.17) is 5.73 Å². The van der Waals surface area contributed by atoms with E-state index in [1.165, 1.54) is 6.07 Å². The Hall–Kier alpha value is -0.980. The second-order valence-electron chi connectivity index (χ2n) is 5.03. The van der Waals surface area contributed by atoms with Gasteiger partial charge in [-0.2, -0.15) is 0 Å². The maximum absolute atomic E-state index is 10.9. The molecule has 0 aliphatic heterocycles. The molecule has 1 aromatic carbocycles. The average molecular weight is 331 g/mol. The number of hydrogen-bond acceptors (Lipinski definition) is 4. The highest BCUT2D eigenvalue weighted by molar-refractivity contribution is 9.10. The first kappa shape index (κ1) is 16.1. The molecule has 3 N–H and O–H groups in total. The lowest BCUT2D eigenvalue weighted by molar-refractivity contribution is -0.385. The second-order valence-corrected chi connectivity index (χ2v) is 5.89. The third kappa shape index (κ3) is 4.56. The third-order valence-electron chi connectivity index (χ3n) is 3.01. The Kier molecular flexibility index (Phi) is 5.90. The summed E-state index contributed by atoms with van der Waals surface area (Å²) < 4.78 is 0.408. The predicted octanol–water partition coefficient (Wildman–Crippen LogP) is 3.15. The van der Waals surface area contributed by atoms with Gasteiger partial charge in [-0.25, -0.2) is 0 Å². The molecule has 0 fully saturated rings. The van der Waals surface area contributed by atoms with E-state index in [1.54, 1.807) is 12.1 Å². The summed E-state index contributed by atoms with van der Waals surface area (Å²) in [4.78, 5) is 10.4. The van der Waals surface area contributed by atoms with Gasteiger partial charge in [-0.15, -0.1) is 0 Å². The van der Waals surface area contributed by atoms with Crippen molar-refractivity contribution in [2.75, 3.05) is 0 Å². The summed E-state index contributed by atoms with van der Waals surface area (Å²) in [6.45, 7) is 4.14. The van der Waals surface area contributed by atoms with Crippen LogP contribution >= 0.6 is 15.9 Å². The van der Waals surface area contributed by atoms with Crippen LogP contribution in [-0.4, -0.2) is 16.1 Å². The van der Waals surface area contributed by atoms with E-state index in [-0.39, 0.29) is 5.69 Å². The number of halogens is 1. The molecule has 1 rings (SSSR count). The number of nitrogens with zero attached hydrogens (tertiary/aromatic N) is 1. The third-order valence-corrected chi connectivity index (χ3v) is 3.68. The van der Waals surface area contributed by atoms with Crippen molar-refractivity contribution in [3.05, 3.63) is 38.3 Å². The Labute approximate surface area is 121 Å². The molecule has 0 amide bonds. The molecule has 106 valence electrons. The van der Waals surface area contributed by atoms with Crippen LogP contribution in [0.5, 0.6) is 0 Å². The lowest BCUT2D eigenvalue weighted by atomic mass is 9.96. The molecule has 0 radical (unpaired) electrons. The van der Waals surface area contributed by atoms with Crippen LogP contribution in [0.2, 0.25) is 0 Å². The Balaban J connectivity index is 2.84. The Morgan fingerprint density at radius 1 is 1.42 bits per heavy atom. The van der Waals surface area contributed by atoms with Crippen molar-refractivity contribution in [2.24, 2.45) is 11.7 Å². The number of nitro groups is 1. The number of hydrogen-bond donors (Lipinski definition) is 2. The molecule has 0 aliphatic rings. The van der Waals surface area contributed by atoms with Crippen LogP contribution in [0, 0.1) is 16.0 Å². The highest BCUT2D eigenvalue weighted by Crippen LogP contribution is 2.29. The van der Waals surface area contributed by atoms with Gasteiger partial charge in [-0.3, -0.25) is 10.1 Å². The molecule has 0 spiro atoms. The van der Waals surface area contributed by atoms with E-state index >= 15 is 0 Å². The number of benzene rings is 1. The van der Waals surface area contributed by atoms with Crippen LogP contribution < -0.4 is 5.73 Å². The molecular weight excluding hydrogens is 312 g/mol. The van der Waals surface area contributed by atoms with Crippen LogP contribution in [0.4, 0.5) is 5.69 Å². The molecule has 0 unspecified atom stereocenters. The van der Waals surface area contributed by atoms with Gasteiger partial charge in [0.15, 0.2) is 0 Å². The summed E-state index contributed by atoms with van der Waals surface area (Å²) in [5.41, 5.74) is 6.49. The summed E-state index contributed by atoms with van der Waals surface area (Å²) in [7, 11) is 0. The standard InChI is InChI=1S/C13H19BrN2O3/c1-8(2)3-6-12(17)13(15)9-4-5-10(14)11(7-9)16(18)19/h4-5,7-8,12-13,17H,3,6,15H2,1-2H3/t12-,13+/m0/s1. The minimum atomic E-state index is -0.692. The van der Waals surface area contributed by atoms with E-state index in [0.29, 0.717) is 22.4 Å². The Morgan fingerprint density at radius 2 is 2.05 bits per heavy atom. The van der Waals surface area contributed by atoms with Crippen molar-refractivity contribution < 1.29 is 10.0 Å². The first-order chi connectivity index (χ1) is 8.82. The SMILES string of the molecule is CC(C)CC[C@H](O)[C@H](N)c1ccc(Br)c([N+](=O)[O-])c1. The van der Waals surface area contributed by atoms with Gasteiger partial charge in [-0.1, -0.05) is 19.9 Å². The van der Waals surface area contributed by atoms with Gasteiger partial charge in [-0.05, 0) is 46.3 Å². The fraction of sp³-hybridized carbons (Fsp3) is 0.538. The number of nitro benzene ring substituents is 1. The van der Waals surface area contributed by atoms with Gasteiger partial charge in [0.05, 0.1) is 21.5 Å². The van der Waals surface area contributed by atoms with E-state index in [0.717, 1.165) is 6.42 Å². The summed E-state index contributed by atoms with van der Waals surface area (Å²) in [6, 6.07) is 4.08. The van der Waals surface area contributed by atoms with Gasteiger partial charge >= 0.3 is 0 Å². The Bertz CT molecular complexity index is 452. The van der Waals surface area contributed by atoms with Crippen LogP contribution in [0.25, 0.3) is 0 Å². The average Bonchev–Trinajstić information content (AvgIpc) is 2.35. The lowest BCUT2D eigenvalue weighted by Gasteiger charge is -2.20. The van der Waals surface area contributed by atoms with E-state index in [2.05, 4.69) is 29.8 Å². The molecule has 0 saturated heterocycles. The van der Waals surface area contributed by atoms with E-state index in [1.807, 2.05) is 0 Å². The fourth-order valence-electron chi connectivity index (χ4n) is 1.78. The van der Waals surface area contributed by atoms with Crippen molar-refractivity contribution in [2.45, 2.75) is 38.8 Å². The molecule has 0 heterocycles. The highest BCUT2D eigenvalue weighted by atomic mass is 79.9. The molecule has 19 heavy (non-hydrogen) atoms. The van der Waals surface area contributed by atoms with Crippen LogP contribution in [0.15, 0.2) is 22.7 Å². The molecular formula is C13H19BrN2O3. The number of nitrogens with two attached hydrogens (primary N) is 1. The topological polar surface area (TPSA) is 89.4 Å². The van der Waals surface area contributed by atoms with Crippen molar-refractivity contribution in [3.63, 3.8) is 0 Å². The summed E-state index contributed by atoms with van der Waals surface area (Å²) in [5, 5.41) is 20.9. The van der Waals surface area contributed by atoms with Crippen molar-refractivity contribution in [1.82, 2.24) is 0 Å². The first-order valence-corrected chi connectivity index (χ1v) is 6.99. The van der Waals surface area contributed by atoms with Gasteiger partial charge in [0.25, 0.3) is 5.69 Å². The van der Waals surface area contributed by atoms with Gasteiger partial charge in [0.2, 0.25) is 0 Å². The Morgan fingerprint density at radius 3 is 2.58 bits per heavy atom. The van der Waals surface area contributed by atoms with E-state index in [9.17, 15) is 15.2 Å². The lowest BCUT2D eigenvalue weighted by Crippen LogP contribution is -2.26. The number of aliphatic hydroxyl groups is 1. The molecule has 5 nitrogen and oxygen atoms in total. The number of aliphatic hydroxyl groups excluding tert-OH is 1. The molecule has 0 saturated carbocycles. The smallest absolute Gasteiger partial charge is 0.283 e. The summed E-state index contributed by atoms with van der Waals surface area (Å²) in [5.74, 6) is 0.487. The zero-order chi connectivity index (χ0) is 14.6. The van der Waals surface area contributed by atoms with E-state index < -0.39 is 17.1 Å². The van der Waals surface area contributed by atoms with Crippen molar-refractivity contribution in [3.8, 4) is 0 Å². The van der Waals surface area contributed by atoms with Crippen LogP contribution in [-0.2, 0) is 0 Å². The first-order valence-electron chi connectivity index (χ1n) is 6.20. The number of rotatable bonds is 6.